The number of benzene rings is 1. The highest BCUT2D eigenvalue weighted by atomic mass is 16.5. The second kappa shape index (κ2) is 6.76. The highest BCUT2D eigenvalue weighted by Gasteiger charge is 1.98. The summed E-state index contributed by atoms with van der Waals surface area (Å²) in [7, 11) is 0. The van der Waals surface area contributed by atoms with Crippen LogP contribution in [0.25, 0.3) is 0 Å². The zero-order valence-corrected chi connectivity index (χ0v) is 8.85. The van der Waals surface area contributed by atoms with E-state index in [4.69, 9.17) is 4.74 Å². The first-order valence-corrected chi connectivity index (χ1v) is 5.06. The lowest BCUT2D eigenvalue weighted by atomic mass is 10.2. The summed E-state index contributed by atoms with van der Waals surface area (Å²) in [6.45, 7) is 2.31. The molecule has 0 N–H and O–H groups in total. The molecule has 3 nitrogen and oxygen atoms in total. The maximum atomic E-state index is 11.1. The van der Waals surface area contributed by atoms with Crippen LogP contribution in [0.2, 0.25) is 0 Å². The van der Waals surface area contributed by atoms with Gasteiger partial charge >= 0.3 is 6.09 Å². The summed E-state index contributed by atoms with van der Waals surface area (Å²) < 4.78 is 4.94. The quantitative estimate of drug-likeness (QED) is 0.708. The van der Waals surface area contributed by atoms with Crippen molar-refractivity contribution in [1.29, 1.82) is 0 Å². The number of carbonyl (C=O) groups excluding carboxylic acids is 1. The molecule has 3 heteroatoms. The van der Waals surface area contributed by atoms with Gasteiger partial charge < -0.3 is 4.74 Å². The van der Waals surface area contributed by atoms with E-state index in [1.165, 1.54) is 0 Å². The average Bonchev–Trinajstić information content (AvgIpc) is 2.28. The second-order valence-electron chi connectivity index (χ2n) is 3.14. The van der Waals surface area contributed by atoms with Crippen LogP contribution < -0.4 is 0 Å². The van der Waals surface area contributed by atoms with E-state index in [1.54, 1.807) is 6.21 Å². The van der Waals surface area contributed by atoms with E-state index in [9.17, 15) is 4.79 Å². The summed E-state index contributed by atoms with van der Waals surface area (Å²) >= 11 is 0. The number of ether oxygens (including phenoxy) is 1. The molecule has 1 aromatic carbocycles. The molecule has 1 aromatic rings. The number of amides is 1. The van der Waals surface area contributed by atoms with Crippen LogP contribution in [0.4, 0.5) is 4.79 Å². The Morgan fingerprint density at radius 1 is 1.40 bits per heavy atom. The molecule has 0 heterocycles. The van der Waals surface area contributed by atoms with Crippen molar-refractivity contribution in [2.45, 2.75) is 26.4 Å². The highest BCUT2D eigenvalue weighted by Crippen LogP contribution is 2.01. The van der Waals surface area contributed by atoms with Gasteiger partial charge in [-0.15, -0.1) is 0 Å². The van der Waals surface area contributed by atoms with Crippen LogP contribution >= 0.6 is 0 Å². The molecule has 0 aromatic heterocycles. The van der Waals surface area contributed by atoms with Crippen molar-refractivity contribution in [1.82, 2.24) is 0 Å². The van der Waals surface area contributed by atoms with Crippen molar-refractivity contribution >= 4 is 12.3 Å². The van der Waals surface area contributed by atoms with Crippen LogP contribution in [-0.2, 0) is 11.3 Å². The van der Waals surface area contributed by atoms with Gasteiger partial charge in [-0.1, -0.05) is 43.7 Å². The maximum Gasteiger partial charge on any atom is 0.433 e. The van der Waals surface area contributed by atoms with E-state index in [2.05, 4.69) is 4.99 Å². The van der Waals surface area contributed by atoms with E-state index in [0.717, 1.165) is 18.4 Å². The van der Waals surface area contributed by atoms with E-state index < -0.39 is 6.09 Å². The van der Waals surface area contributed by atoms with Crippen molar-refractivity contribution in [2.75, 3.05) is 0 Å². The minimum atomic E-state index is -0.521. The van der Waals surface area contributed by atoms with Gasteiger partial charge in [0.25, 0.3) is 0 Å². The van der Waals surface area contributed by atoms with Crippen LogP contribution in [0.3, 0.4) is 0 Å². The molecule has 0 saturated heterocycles. The lowest BCUT2D eigenvalue weighted by Crippen LogP contribution is -1.99. The second-order valence-corrected chi connectivity index (χ2v) is 3.14. The summed E-state index contributed by atoms with van der Waals surface area (Å²) in [5.41, 5.74) is 0.969. The molecule has 15 heavy (non-hydrogen) atoms. The number of hydrogen-bond donors (Lipinski definition) is 0. The predicted molar refractivity (Wildman–Crippen MR) is 60.0 cm³/mol. The average molecular weight is 205 g/mol. The number of rotatable bonds is 4. The molecule has 0 bridgehead atoms. The number of nitrogens with zero attached hydrogens (tertiary/aromatic N) is 1. The fourth-order valence-electron chi connectivity index (χ4n) is 1.02. The zero-order valence-electron chi connectivity index (χ0n) is 8.85. The fourth-order valence-corrected chi connectivity index (χ4v) is 1.02. The molecule has 0 atom stereocenters. The van der Waals surface area contributed by atoms with Crippen LogP contribution in [0, 0.1) is 0 Å². The van der Waals surface area contributed by atoms with Gasteiger partial charge in [0, 0.05) is 6.21 Å². The Hall–Kier alpha value is -1.64. The standard InChI is InChI=1S/C12H15NO2/c1-2-3-9-13-12(14)15-10-11-7-5-4-6-8-11/h4-9H,2-3,10H2,1H3. The Kier molecular flexibility index (Phi) is 5.15. The highest BCUT2D eigenvalue weighted by molar-refractivity contribution is 5.79. The smallest absolute Gasteiger partial charge is 0.433 e. The van der Waals surface area contributed by atoms with E-state index >= 15 is 0 Å². The minimum Gasteiger partial charge on any atom is -0.443 e. The molecule has 0 radical (unpaired) electrons. The molecular weight excluding hydrogens is 190 g/mol. The molecule has 0 saturated carbocycles. The van der Waals surface area contributed by atoms with Gasteiger partial charge in [-0.3, -0.25) is 0 Å². The third kappa shape index (κ3) is 4.96. The number of carbonyl (C=O) groups is 1. The fraction of sp³-hybridized carbons (Fsp3) is 0.333. The Morgan fingerprint density at radius 2 is 2.13 bits per heavy atom. The Labute approximate surface area is 89.8 Å². The summed E-state index contributed by atoms with van der Waals surface area (Å²) in [6.07, 6.45) is 2.86. The van der Waals surface area contributed by atoms with Crippen molar-refractivity contribution in [3.63, 3.8) is 0 Å². The van der Waals surface area contributed by atoms with Gasteiger partial charge in [0.15, 0.2) is 0 Å². The van der Waals surface area contributed by atoms with Crippen LogP contribution in [0.5, 0.6) is 0 Å². The third-order valence-corrected chi connectivity index (χ3v) is 1.82. The predicted octanol–water partition coefficient (Wildman–Crippen LogP) is 3.19. The molecule has 0 aliphatic carbocycles. The Balaban J connectivity index is 2.28. The van der Waals surface area contributed by atoms with Gasteiger partial charge in [-0.2, -0.15) is 4.99 Å². The van der Waals surface area contributed by atoms with Gasteiger partial charge in [0.05, 0.1) is 0 Å². The van der Waals surface area contributed by atoms with Crippen LogP contribution in [-0.4, -0.2) is 12.3 Å². The van der Waals surface area contributed by atoms with Gasteiger partial charge in [0.1, 0.15) is 6.61 Å². The lowest BCUT2D eigenvalue weighted by Gasteiger charge is -2.00. The van der Waals surface area contributed by atoms with E-state index in [-0.39, 0.29) is 6.61 Å². The summed E-state index contributed by atoms with van der Waals surface area (Å²) in [5, 5.41) is 0. The lowest BCUT2D eigenvalue weighted by molar-refractivity contribution is 0.151. The van der Waals surface area contributed by atoms with Crippen LogP contribution in [0.15, 0.2) is 35.3 Å². The zero-order chi connectivity index (χ0) is 10.9. The maximum absolute atomic E-state index is 11.1. The number of unbranched alkanes of at least 4 members (excludes halogenated alkanes) is 1. The van der Waals surface area contributed by atoms with E-state index in [0.29, 0.717) is 0 Å². The van der Waals surface area contributed by atoms with E-state index in [1.807, 2.05) is 37.3 Å². The molecule has 0 spiro atoms. The largest absolute Gasteiger partial charge is 0.443 e. The number of aliphatic imine (C=N–C) groups is 1. The summed E-state index contributed by atoms with van der Waals surface area (Å²) in [5.74, 6) is 0. The SMILES string of the molecule is CCCC=NC(=O)OCc1ccccc1. The molecule has 1 rings (SSSR count). The van der Waals surface area contributed by atoms with Crippen molar-refractivity contribution in [2.24, 2.45) is 4.99 Å². The Bertz CT molecular complexity index is 320. The molecule has 1 amide bonds. The van der Waals surface area contributed by atoms with Gasteiger partial charge in [-0.05, 0) is 12.0 Å². The van der Waals surface area contributed by atoms with Gasteiger partial charge in [-0.25, -0.2) is 4.79 Å². The van der Waals surface area contributed by atoms with Crippen molar-refractivity contribution < 1.29 is 9.53 Å². The van der Waals surface area contributed by atoms with Crippen molar-refractivity contribution in [3.8, 4) is 0 Å². The molecule has 0 unspecified atom stereocenters. The first-order chi connectivity index (χ1) is 7.33. The first kappa shape index (κ1) is 11.4. The normalized spacial score (nSPS) is 10.5. The third-order valence-electron chi connectivity index (χ3n) is 1.82. The topological polar surface area (TPSA) is 38.7 Å². The van der Waals surface area contributed by atoms with Crippen LogP contribution in [0.1, 0.15) is 25.3 Å². The molecule has 80 valence electrons. The molecule has 0 aliphatic rings. The minimum absolute atomic E-state index is 0.281. The van der Waals surface area contributed by atoms with Gasteiger partial charge in [0.2, 0.25) is 0 Å². The first-order valence-electron chi connectivity index (χ1n) is 5.06. The molecular formula is C12H15NO2. The summed E-state index contributed by atoms with van der Waals surface area (Å²) in [6, 6.07) is 9.55. The number of hydrogen-bond acceptors (Lipinski definition) is 2. The van der Waals surface area contributed by atoms with Crippen molar-refractivity contribution in [3.05, 3.63) is 35.9 Å². The summed E-state index contributed by atoms with van der Waals surface area (Å²) in [4.78, 5) is 14.7. The molecule has 0 aliphatic heterocycles. The monoisotopic (exact) mass is 205 g/mol. The molecule has 0 fully saturated rings. The Morgan fingerprint density at radius 3 is 2.80 bits per heavy atom.